The lowest BCUT2D eigenvalue weighted by atomic mass is 10.1. The van der Waals surface area contributed by atoms with Gasteiger partial charge in [0, 0.05) is 31.0 Å². The van der Waals surface area contributed by atoms with Crippen LogP contribution in [0.15, 0.2) is 18.5 Å². The van der Waals surface area contributed by atoms with Crippen LogP contribution >= 0.6 is 0 Å². The van der Waals surface area contributed by atoms with Crippen molar-refractivity contribution >= 4 is 5.91 Å². The minimum Gasteiger partial charge on any atom is -0.384 e. The molecule has 1 aliphatic rings. The van der Waals surface area contributed by atoms with Gasteiger partial charge in [-0.05, 0) is 25.3 Å². The fourth-order valence-electron chi connectivity index (χ4n) is 2.05. The molecule has 0 aromatic carbocycles. The molecule has 1 fully saturated rings. The highest BCUT2D eigenvalue weighted by molar-refractivity contribution is 5.94. The summed E-state index contributed by atoms with van der Waals surface area (Å²) in [7, 11) is 0. The molecular formula is C14H16N2O2. The maximum absolute atomic E-state index is 12.2. The molecule has 2 heterocycles. The molecule has 94 valence electrons. The highest BCUT2D eigenvalue weighted by Crippen LogP contribution is 2.13. The molecule has 1 aromatic rings. The number of aromatic nitrogens is 1. The summed E-state index contributed by atoms with van der Waals surface area (Å²) in [6.45, 7) is 1.46. The highest BCUT2D eigenvalue weighted by Gasteiger charge is 2.18. The Kier molecular flexibility index (Phi) is 4.32. The summed E-state index contributed by atoms with van der Waals surface area (Å²) in [5, 5.41) is 8.64. The number of nitrogens with zero attached hydrogens (tertiary/aromatic N) is 2. The second-order valence-corrected chi connectivity index (χ2v) is 4.28. The van der Waals surface area contributed by atoms with E-state index in [9.17, 15) is 4.79 Å². The molecule has 0 saturated carbocycles. The number of hydrogen-bond acceptors (Lipinski definition) is 3. The number of pyridine rings is 1. The smallest absolute Gasteiger partial charge is 0.255 e. The first-order valence-corrected chi connectivity index (χ1v) is 6.15. The Hall–Kier alpha value is -1.86. The maximum atomic E-state index is 12.2. The lowest BCUT2D eigenvalue weighted by Gasteiger charge is -2.26. The van der Waals surface area contributed by atoms with E-state index in [0.717, 1.165) is 25.9 Å². The Morgan fingerprint density at radius 2 is 2.11 bits per heavy atom. The summed E-state index contributed by atoms with van der Waals surface area (Å²) in [6.07, 6.45) is 6.51. The van der Waals surface area contributed by atoms with Gasteiger partial charge in [-0.15, -0.1) is 0 Å². The molecule has 18 heavy (non-hydrogen) atoms. The predicted octanol–water partition coefficient (Wildman–Crippen LogP) is 1.05. The van der Waals surface area contributed by atoms with Crippen molar-refractivity contribution in [3.63, 3.8) is 0 Å². The average Bonchev–Trinajstić information content (AvgIpc) is 2.45. The van der Waals surface area contributed by atoms with Gasteiger partial charge in [0.05, 0.1) is 5.56 Å². The summed E-state index contributed by atoms with van der Waals surface area (Å²) >= 11 is 0. The second kappa shape index (κ2) is 6.18. The van der Waals surface area contributed by atoms with Crippen LogP contribution < -0.4 is 0 Å². The Bertz CT molecular complexity index is 482. The molecule has 1 amide bonds. The first-order chi connectivity index (χ1) is 8.81. The second-order valence-electron chi connectivity index (χ2n) is 4.28. The van der Waals surface area contributed by atoms with Crippen molar-refractivity contribution in [3.05, 3.63) is 29.6 Å². The number of rotatable bonds is 1. The van der Waals surface area contributed by atoms with Crippen LogP contribution in [0.2, 0.25) is 0 Å². The molecule has 1 aliphatic heterocycles. The van der Waals surface area contributed by atoms with Crippen LogP contribution in [0.25, 0.3) is 0 Å². The van der Waals surface area contributed by atoms with Gasteiger partial charge in [0.25, 0.3) is 5.91 Å². The van der Waals surface area contributed by atoms with Crippen molar-refractivity contribution in [1.29, 1.82) is 0 Å². The molecule has 0 atom stereocenters. The van der Waals surface area contributed by atoms with Gasteiger partial charge in [0.15, 0.2) is 0 Å². The Morgan fingerprint density at radius 1 is 1.33 bits per heavy atom. The SMILES string of the molecule is O=C(c1cncc(C#CCO)c1)N1CCCCC1. The molecule has 0 radical (unpaired) electrons. The van der Waals surface area contributed by atoms with Gasteiger partial charge in [-0.1, -0.05) is 11.8 Å². The van der Waals surface area contributed by atoms with Crippen LogP contribution in [0.1, 0.15) is 35.2 Å². The van der Waals surface area contributed by atoms with E-state index in [1.54, 1.807) is 18.5 Å². The molecule has 4 nitrogen and oxygen atoms in total. The van der Waals surface area contributed by atoms with Crippen molar-refractivity contribution < 1.29 is 9.90 Å². The van der Waals surface area contributed by atoms with Gasteiger partial charge in [-0.2, -0.15) is 0 Å². The minimum atomic E-state index is -0.190. The topological polar surface area (TPSA) is 53.4 Å². The number of amides is 1. The number of aliphatic hydroxyl groups excluding tert-OH is 1. The number of carbonyl (C=O) groups is 1. The van der Waals surface area contributed by atoms with Gasteiger partial charge in [0.2, 0.25) is 0 Å². The first-order valence-electron chi connectivity index (χ1n) is 6.15. The van der Waals surface area contributed by atoms with Crippen LogP contribution in [-0.4, -0.2) is 40.6 Å². The minimum absolute atomic E-state index is 0.0230. The maximum Gasteiger partial charge on any atom is 0.255 e. The lowest BCUT2D eigenvalue weighted by Crippen LogP contribution is -2.35. The van der Waals surface area contributed by atoms with Crippen LogP contribution in [0, 0.1) is 11.8 Å². The van der Waals surface area contributed by atoms with Gasteiger partial charge in [0.1, 0.15) is 6.61 Å². The molecule has 0 aliphatic carbocycles. The number of hydrogen-bond donors (Lipinski definition) is 1. The van der Waals surface area contributed by atoms with E-state index >= 15 is 0 Å². The van der Waals surface area contributed by atoms with E-state index in [0.29, 0.717) is 11.1 Å². The van der Waals surface area contributed by atoms with Crippen molar-refractivity contribution in [1.82, 2.24) is 9.88 Å². The third kappa shape index (κ3) is 3.08. The monoisotopic (exact) mass is 244 g/mol. The van der Waals surface area contributed by atoms with E-state index in [1.807, 2.05) is 4.90 Å². The van der Waals surface area contributed by atoms with Crippen LogP contribution in [0.3, 0.4) is 0 Å². The third-order valence-corrected chi connectivity index (χ3v) is 2.94. The van der Waals surface area contributed by atoms with Gasteiger partial charge in [-0.3, -0.25) is 9.78 Å². The molecule has 1 saturated heterocycles. The number of aliphatic hydroxyl groups is 1. The number of likely N-dealkylation sites (tertiary alicyclic amines) is 1. The van der Waals surface area contributed by atoms with Crippen molar-refractivity contribution in [2.24, 2.45) is 0 Å². The summed E-state index contributed by atoms with van der Waals surface area (Å²) in [5.74, 6) is 5.33. The van der Waals surface area contributed by atoms with E-state index in [-0.39, 0.29) is 12.5 Å². The van der Waals surface area contributed by atoms with E-state index in [1.165, 1.54) is 6.42 Å². The Morgan fingerprint density at radius 3 is 2.83 bits per heavy atom. The number of carbonyl (C=O) groups excluding carboxylic acids is 1. The molecule has 1 N–H and O–H groups in total. The van der Waals surface area contributed by atoms with E-state index in [4.69, 9.17) is 5.11 Å². The zero-order chi connectivity index (χ0) is 12.8. The average molecular weight is 244 g/mol. The summed E-state index contributed by atoms with van der Waals surface area (Å²) < 4.78 is 0. The quantitative estimate of drug-likeness (QED) is 0.751. The normalized spacial score (nSPS) is 14.8. The standard InChI is InChI=1S/C14H16N2O2/c17-8-4-5-12-9-13(11-15-10-12)14(18)16-6-2-1-3-7-16/h9-11,17H,1-3,6-8H2. The van der Waals surface area contributed by atoms with Gasteiger partial charge >= 0.3 is 0 Å². The van der Waals surface area contributed by atoms with Crippen molar-refractivity contribution in [3.8, 4) is 11.8 Å². The molecule has 1 aromatic heterocycles. The van der Waals surface area contributed by atoms with Gasteiger partial charge in [-0.25, -0.2) is 0 Å². The molecular weight excluding hydrogens is 228 g/mol. The molecule has 0 bridgehead atoms. The molecule has 4 heteroatoms. The summed E-state index contributed by atoms with van der Waals surface area (Å²) in [6, 6.07) is 1.73. The zero-order valence-electron chi connectivity index (χ0n) is 10.2. The van der Waals surface area contributed by atoms with E-state index < -0.39 is 0 Å². The summed E-state index contributed by atoms with van der Waals surface area (Å²) in [5.41, 5.74) is 1.23. The van der Waals surface area contributed by atoms with Crippen LogP contribution in [0.4, 0.5) is 0 Å². The van der Waals surface area contributed by atoms with Crippen molar-refractivity contribution in [2.45, 2.75) is 19.3 Å². The summed E-state index contributed by atoms with van der Waals surface area (Å²) in [4.78, 5) is 18.1. The largest absolute Gasteiger partial charge is 0.384 e. The first kappa shape index (κ1) is 12.6. The van der Waals surface area contributed by atoms with Crippen molar-refractivity contribution in [2.75, 3.05) is 19.7 Å². The Labute approximate surface area is 107 Å². The molecule has 0 unspecified atom stereocenters. The predicted molar refractivity (Wildman–Crippen MR) is 68.0 cm³/mol. The van der Waals surface area contributed by atoms with E-state index in [2.05, 4.69) is 16.8 Å². The third-order valence-electron chi connectivity index (χ3n) is 2.94. The highest BCUT2D eigenvalue weighted by atomic mass is 16.2. The fourth-order valence-corrected chi connectivity index (χ4v) is 2.05. The number of piperidine rings is 1. The molecule has 0 spiro atoms. The zero-order valence-corrected chi connectivity index (χ0v) is 10.2. The molecule has 2 rings (SSSR count). The lowest BCUT2D eigenvalue weighted by molar-refractivity contribution is 0.0724. The Balaban J connectivity index is 2.14. The fraction of sp³-hybridized carbons (Fsp3) is 0.429. The van der Waals surface area contributed by atoms with Crippen LogP contribution in [-0.2, 0) is 0 Å². The van der Waals surface area contributed by atoms with Gasteiger partial charge < -0.3 is 10.0 Å². The van der Waals surface area contributed by atoms with Crippen LogP contribution in [0.5, 0.6) is 0 Å².